The summed E-state index contributed by atoms with van der Waals surface area (Å²) in [6.45, 7) is 0.102. The van der Waals surface area contributed by atoms with Crippen molar-refractivity contribution in [2.24, 2.45) is 0 Å². The van der Waals surface area contributed by atoms with E-state index in [4.69, 9.17) is 11.6 Å². The van der Waals surface area contributed by atoms with Crippen molar-refractivity contribution in [2.45, 2.75) is 6.54 Å². The molecule has 1 aromatic carbocycles. The van der Waals surface area contributed by atoms with Crippen LogP contribution < -0.4 is 5.32 Å². The van der Waals surface area contributed by atoms with Gasteiger partial charge in [-0.3, -0.25) is 4.79 Å². The molecule has 8 nitrogen and oxygen atoms in total. The molecule has 0 aliphatic heterocycles. The molecule has 4 rings (SSSR count). The van der Waals surface area contributed by atoms with Crippen LogP contribution in [0.1, 0.15) is 16.2 Å². The number of rotatable bonds is 5. The number of hydrogen-bond acceptors (Lipinski definition) is 5. The highest BCUT2D eigenvalue weighted by atomic mass is 79.9. The van der Waals surface area contributed by atoms with Gasteiger partial charge < -0.3 is 5.32 Å². The fourth-order valence-corrected chi connectivity index (χ4v) is 3.66. The fourth-order valence-electron chi connectivity index (χ4n) is 2.64. The minimum Gasteiger partial charge on any atom is -0.345 e. The average molecular weight is 556 g/mol. The van der Waals surface area contributed by atoms with Gasteiger partial charge in [-0.15, -0.1) is 5.10 Å². The van der Waals surface area contributed by atoms with Crippen molar-refractivity contribution in [1.29, 1.82) is 0 Å². The van der Waals surface area contributed by atoms with Crippen LogP contribution in [0, 0.1) is 5.82 Å². The summed E-state index contributed by atoms with van der Waals surface area (Å²) >= 11 is 12.6. The number of pyridine rings is 1. The van der Waals surface area contributed by atoms with Crippen LogP contribution in [0.4, 0.5) is 4.39 Å². The Hall–Kier alpha value is -2.63. The van der Waals surface area contributed by atoms with Crippen molar-refractivity contribution in [3.8, 4) is 11.5 Å². The van der Waals surface area contributed by atoms with E-state index in [1.807, 2.05) is 0 Å². The van der Waals surface area contributed by atoms with Crippen molar-refractivity contribution in [3.63, 3.8) is 0 Å². The first-order valence-electron chi connectivity index (χ1n) is 8.44. The monoisotopic (exact) mass is 553 g/mol. The summed E-state index contributed by atoms with van der Waals surface area (Å²) in [4.78, 5) is 16.9. The lowest BCUT2D eigenvalue weighted by molar-refractivity contribution is 0.0942. The van der Waals surface area contributed by atoms with E-state index in [1.165, 1.54) is 15.4 Å². The lowest BCUT2D eigenvalue weighted by Gasteiger charge is -2.08. The molecule has 0 aliphatic rings. The third kappa shape index (κ3) is 4.13. The van der Waals surface area contributed by atoms with Crippen LogP contribution in [0.25, 0.3) is 11.5 Å². The molecule has 1 N–H and O–H groups in total. The lowest BCUT2D eigenvalue weighted by atomic mass is 10.3. The van der Waals surface area contributed by atoms with Gasteiger partial charge in [0.25, 0.3) is 5.91 Å². The Morgan fingerprint density at radius 3 is 2.87 bits per heavy atom. The van der Waals surface area contributed by atoms with Gasteiger partial charge in [0.15, 0.2) is 5.82 Å². The zero-order valence-electron chi connectivity index (χ0n) is 14.9. The van der Waals surface area contributed by atoms with E-state index in [0.717, 1.165) is 0 Å². The van der Waals surface area contributed by atoms with Crippen molar-refractivity contribution < 1.29 is 9.18 Å². The van der Waals surface area contributed by atoms with Crippen LogP contribution >= 0.6 is 43.5 Å². The van der Waals surface area contributed by atoms with E-state index in [9.17, 15) is 9.18 Å². The maximum absolute atomic E-state index is 13.7. The number of nitrogens with zero attached hydrogens (tertiary/aromatic N) is 6. The standard InChI is InChI=1S/C18H11Br2ClFN7O/c19-15-7-14(29(26-15)17-11(21)3-2-6-23-17)18(30)24-8-10-9-28(27-25-10)13-5-1-4-12(22)16(13)20/h1-7,9H,8H2,(H,24,30). The van der Waals surface area contributed by atoms with Crippen LogP contribution in [-0.4, -0.2) is 35.7 Å². The van der Waals surface area contributed by atoms with Crippen molar-refractivity contribution >= 4 is 49.4 Å². The molecular weight excluding hydrogens is 545 g/mol. The smallest absolute Gasteiger partial charge is 0.270 e. The SMILES string of the molecule is O=C(NCc1cn(-c2cccc(F)c2Br)nn1)c1cc(Br)nn1-c1ncccc1Cl. The van der Waals surface area contributed by atoms with E-state index in [0.29, 0.717) is 26.8 Å². The summed E-state index contributed by atoms with van der Waals surface area (Å²) in [5.41, 5.74) is 1.22. The van der Waals surface area contributed by atoms with E-state index >= 15 is 0 Å². The third-order valence-electron chi connectivity index (χ3n) is 4.00. The fraction of sp³-hybridized carbons (Fsp3) is 0.0556. The van der Waals surface area contributed by atoms with Crippen LogP contribution in [0.15, 0.2) is 57.9 Å². The van der Waals surface area contributed by atoms with E-state index < -0.39 is 11.7 Å². The highest BCUT2D eigenvalue weighted by Crippen LogP contribution is 2.24. The Labute approximate surface area is 191 Å². The molecule has 12 heteroatoms. The van der Waals surface area contributed by atoms with Gasteiger partial charge in [0.2, 0.25) is 0 Å². The Morgan fingerprint density at radius 2 is 2.07 bits per heavy atom. The van der Waals surface area contributed by atoms with Crippen LogP contribution in [0.2, 0.25) is 5.02 Å². The molecule has 0 saturated carbocycles. The summed E-state index contributed by atoms with van der Waals surface area (Å²) in [7, 11) is 0. The first-order valence-corrected chi connectivity index (χ1v) is 10.4. The summed E-state index contributed by atoms with van der Waals surface area (Å²) in [5, 5.41) is 15.3. The summed E-state index contributed by atoms with van der Waals surface area (Å²) < 4.78 is 17.2. The summed E-state index contributed by atoms with van der Waals surface area (Å²) in [5.74, 6) is -0.488. The third-order valence-corrected chi connectivity index (χ3v) is 5.47. The first-order chi connectivity index (χ1) is 14.4. The Balaban J connectivity index is 1.52. The Kier molecular flexibility index (Phi) is 5.93. The molecule has 0 radical (unpaired) electrons. The van der Waals surface area contributed by atoms with Crippen molar-refractivity contribution in [1.82, 2.24) is 35.1 Å². The molecule has 0 spiro atoms. The van der Waals surface area contributed by atoms with Crippen LogP contribution in [0.3, 0.4) is 0 Å². The van der Waals surface area contributed by atoms with Gasteiger partial charge in [-0.2, -0.15) is 5.10 Å². The molecule has 0 atom stereocenters. The van der Waals surface area contributed by atoms with Gasteiger partial charge in [0, 0.05) is 12.3 Å². The average Bonchev–Trinajstić information content (AvgIpc) is 3.35. The minimum absolute atomic E-state index is 0.102. The number of nitrogens with one attached hydrogen (secondary N) is 1. The topological polar surface area (TPSA) is 90.5 Å². The lowest BCUT2D eigenvalue weighted by Crippen LogP contribution is -2.26. The first kappa shape index (κ1) is 20.6. The number of carbonyl (C=O) groups excluding carboxylic acids is 1. The highest BCUT2D eigenvalue weighted by Gasteiger charge is 2.19. The number of carbonyl (C=O) groups is 1. The molecule has 0 bridgehead atoms. The molecule has 0 saturated heterocycles. The van der Waals surface area contributed by atoms with Gasteiger partial charge in [0.05, 0.1) is 27.9 Å². The largest absolute Gasteiger partial charge is 0.345 e. The van der Waals surface area contributed by atoms with Gasteiger partial charge in [-0.1, -0.05) is 22.9 Å². The Morgan fingerprint density at radius 1 is 1.23 bits per heavy atom. The number of amides is 1. The Bertz CT molecular complexity index is 1240. The van der Waals surface area contributed by atoms with Gasteiger partial charge in [-0.25, -0.2) is 18.7 Å². The normalized spacial score (nSPS) is 10.9. The number of aromatic nitrogens is 6. The number of benzene rings is 1. The molecule has 3 aromatic heterocycles. The van der Waals surface area contributed by atoms with Crippen molar-refractivity contribution in [3.05, 3.63) is 80.1 Å². The predicted octanol–water partition coefficient (Wildman–Crippen LogP) is 4.10. The van der Waals surface area contributed by atoms with Gasteiger partial charge in [-0.05, 0) is 56.1 Å². The maximum Gasteiger partial charge on any atom is 0.270 e. The molecule has 1 amide bonds. The van der Waals surface area contributed by atoms with Crippen LogP contribution in [-0.2, 0) is 6.54 Å². The molecule has 30 heavy (non-hydrogen) atoms. The van der Waals surface area contributed by atoms with E-state index in [-0.39, 0.29) is 16.7 Å². The second-order valence-corrected chi connectivity index (χ2v) is 8.00. The highest BCUT2D eigenvalue weighted by molar-refractivity contribution is 9.10. The molecule has 3 heterocycles. The molecule has 0 unspecified atom stereocenters. The molecule has 0 fully saturated rings. The molecular formula is C18H11Br2ClFN7O. The summed E-state index contributed by atoms with van der Waals surface area (Å²) in [6.07, 6.45) is 3.16. The number of hydrogen-bond donors (Lipinski definition) is 1. The maximum atomic E-state index is 13.7. The predicted molar refractivity (Wildman–Crippen MR) is 114 cm³/mol. The van der Waals surface area contributed by atoms with Gasteiger partial charge in [0.1, 0.15) is 21.8 Å². The van der Waals surface area contributed by atoms with E-state index in [2.05, 4.69) is 57.6 Å². The van der Waals surface area contributed by atoms with E-state index in [1.54, 1.807) is 42.7 Å². The summed E-state index contributed by atoms with van der Waals surface area (Å²) in [6, 6.07) is 9.49. The zero-order chi connectivity index (χ0) is 21.3. The quantitative estimate of drug-likeness (QED) is 0.401. The molecule has 0 aliphatic carbocycles. The molecule has 152 valence electrons. The second-order valence-electron chi connectivity index (χ2n) is 5.98. The van der Waals surface area contributed by atoms with Crippen LogP contribution in [0.5, 0.6) is 0 Å². The molecule has 4 aromatic rings. The number of halogens is 4. The van der Waals surface area contributed by atoms with Crippen molar-refractivity contribution in [2.75, 3.05) is 0 Å². The zero-order valence-corrected chi connectivity index (χ0v) is 18.9. The second kappa shape index (κ2) is 8.62. The minimum atomic E-state index is -0.412. The van der Waals surface area contributed by atoms with Gasteiger partial charge >= 0.3 is 0 Å².